The number of hydrogen-bond donors (Lipinski definition) is 1. The van der Waals surface area contributed by atoms with Crippen molar-refractivity contribution in [1.82, 2.24) is 15.5 Å². The quantitative estimate of drug-likeness (QED) is 0.0560. The number of aliphatic hydroxyl groups is 1. The molecule has 0 saturated carbocycles. The highest BCUT2D eigenvalue weighted by Crippen LogP contribution is 2.27. The Kier molecular flexibility index (Phi) is 14.1. The lowest BCUT2D eigenvalue weighted by Crippen LogP contribution is -2.03. The first-order valence-electron chi connectivity index (χ1n) is 14.9. The van der Waals surface area contributed by atoms with Gasteiger partial charge in [0, 0.05) is 23.1 Å². The van der Waals surface area contributed by atoms with E-state index in [1.165, 1.54) is 37.0 Å². The molecular weight excluding hydrogens is 693 g/mol. The molecule has 51 heavy (non-hydrogen) atoms. The molecule has 6 rings (SSSR count). The number of halogens is 3. The lowest BCUT2D eigenvalue weighted by atomic mass is 10.1. The van der Waals surface area contributed by atoms with Crippen LogP contribution in [0, 0.1) is 0 Å². The predicted octanol–water partition coefficient (Wildman–Crippen LogP) is 7.98. The summed E-state index contributed by atoms with van der Waals surface area (Å²) in [7, 11) is -3.48. The van der Waals surface area contributed by atoms with E-state index < -0.39 is 28.6 Å². The van der Waals surface area contributed by atoms with E-state index in [0.717, 1.165) is 17.4 Å². The second-order valence-corrected chi connectivity index (χ2v) is 12.2. The van der Waals surface area contributed by atoms with E-state index in [0.29, 0.717) is 22.3 Å². The van der Waals surface area contributed by atoms with Crippen LogP contribution in [0.15, 0.2) is 128 Å². The third-order valence-corrected chi connectivity index (χ3v) is 7.45. The highest BCUT2D eigenvalue weighted by atomic mass is 32.2. The summed E-state index contributed by atoms with van der Waals surface area (Å²) in [6.45, 7) is 0.152. The van der Waals surface area contributed by atoms with E-state index in [4.69, 9.17) is 10.6 Å². The van der Waals surface area contributed by atoms with Crippen LogP contribution in [-0.2, 0) is 34.1 Å². The van der Waals surface area contributed by atoms with Crippen molar-refractivity contribution in [3.05, 3.63) is 171 Å². The molecule has 0 radical (unpaired) electrons. The second-order valence-electron chi connectivity index (χ2n) is 10.6. The van der Waals surface area contributed by atoms with Crippen molar-refractivity contribution in [2.75, 3.05) is 6.26 Å². The normalized spacial score (nSPS) is 12.6. The van der Waals surface area contributed by atoms with E-state index in [1.54, 1.807) is 72.8 Å². The number of hydrogen-bond acceptors (Lipinski definition) is 11. The summed E-state index contributed by atoms with van der Waals surface area (Å²) in [5.74, 6) is 0. The Bertz CT molecular complexity index is 2030. The van der Waals surface area contributed by atoms with Gasteiger partial charge in [-0.2, -0.15) is 8.42 Å². The first-order chi connectivity index (χ1) is 24.6. The van der Waals surface area contributed by atoms with Crippen molar-refractivity contribution in [1.29, 1.82) is 0 Å². The summed E-state index contributed by atoms with van der Waals surface area (Å²) in [4.78, 5) is 2.66. The maximum absolute atomic E-state index is 14.0. The Morgan fingerprint density at radius 1 is 0.686 bits per heavy atom. The van der Waals surface area contributed by atoms with Gasteiger partial charge in [0.2, 0.25) is 0 Å². The average molecular weight is 725 g/mol. The fourth-order valence-corrected chi connectivity index (χ4v) is 4.58. The molecule has 0 aliphatic carbocycles. The zero-order valence-corrected chi connectivity index (χ0v) is 27.7. The Morgan fingerprint density at radius 2 is 1.06 bits per heavy atom. The van der Waals surface area contributed by atoms with Gasteiger partial charge in [-0.05, 0) is 38.9 Å². The topological polar surface area (TPSA) is 190 Å². The van der Waals surface area contributed by atoms with Gasteiger partial charge in [-0.1, -0.05) is 93.4 Å². The zero-order valence-electron chi connectivity index (χ0n) is 26.9. The summed E-state index contributed by atoms with van der Waals surface area (Å²) in [6.07, 6.45) is 0.990. The smallest absolute Gasteiger partial charge is 0.264 e. The van der Waals surface area contributed by atoms with Crippen LogP contribution in [0.2, 0.25) is 0 Å². The lowest BCUT2D eigenvalue weighted by Gasteiger charge is -2.06. The fourth-order valence-electron chi connectivity index (χ4n) is 4.23. The molecular formula is C34H31F3N6O7S. The van der Waals surface area contributed by atoms with Crippen LogP contribution >= 0.6 is 0 Å². The second kappa shape index (κ2) is 18.9. The van der Waals surface area contributed by atoms with E-state index in [9.17, 15) is 21.6 Å². The van der Waals surface area contributed by atoms with Crippen LogP contribution in [-0.4, -0.2) is 35.3 Å². The number of aromatic nitrogens is 3. The highest BCUT2D eigenvalue weighted by molar-refractivity contribution is 7.85. The summed E-state index contributed by atoms with van der Waals surface area (Å²) in [5, 5.41) is 22.9. The van der Waals surface area contributed by atoms with Gasteiger partial charge in [0.25, 0.3) is 10.1 Å². The Balaban J connectivity index is 0.000000173. The summed E-state index contributed by atoms with van der Waals surface area (Å²) < 4.78 is 81.6. The first-order valence-corrected chi connectivity index (χ1v) is 16.7. The fraction of sp³-hybridized carbons (Fsp3) is 0.206. The van der Waals surface area contributed by atoms with Crippen molar-refractivity contribution in [2.24, 2.45) is 5.11 Å². The number of nitrogens with zero attached hydrogens (tertiary/aromatic N) is 6. The minimum absolute atomic E-state index is 0.0405. The third-order valence-electron chi connectivity index (χ3n) is 6.91. The molecule has 1 N–H and O–H groups in total. The van der Waals surface area contributed by atoms with E-state index in [-0.39, 0.29) is 36.8 Å². The molecule has 3 unspecified atom stereocenters. The van der Waals surface area contributed by atoms with Crippen LogP contribution in [0.3, 0.4) is 0 Å². The van der Waals surface area contributed by atoms with Gasteiger partial charge >= 0.3 is 0 Å². The van der Waals surface area contributed by atoms with Crippen molar-refractivity contribution >= 4 is 10.1 Å². The largest absolute Gasteiger partial charge is 0.392 e. The molecule has 0 aliphatic rings. The van der Waals surface area contributed by atoms with Gasteiger partial charge in [0.15, 0.2) is 18.5 Å². The molecule has 0 fully saturated rings. The van der Waals surface area contributed by atoms with Gasteiger partial charge in [-0.3, -0.25) is 4.18 Å². The van der Waals surface area contributed by atoms with Gasteiger partial charge < -0.3 is 18.7 Å². The molecule has 0 aliphatic heterocycles. The van der Waals surface area contributed by atoms with E-state index >= 15 is 0 Å². The van der Waals surface area contributed by atoms with Crippen molar-refractivity contribution in [3.63, 3.8) is 0 Å². The third kappa shape index (κ3) is 12.0. The molecule has 3 aromatic carbocycles. The van der Waals surface area contributed by atoms with Gasteiger partial charge in [0.1, 0.15) is 35.9 Å². The van der Waals surface area contributed by atoms with Crippen molar-refractivity contribution in [2.45, 2.75) is 38.3 Å². The molecule has 13 nitrogen and oxygen atoms in total. The molecule has 3 aromatic heterocycles. The minimum Gasteiger partial charge on any atom is -0.392 e. The number of rotatable bonds is 12. The van der Waals surface area contributed by atoms with Gasteiger partial charge in [-0.25, -0.2) is 13.2 Å². The first kappa shape index (κ1) is 38.1. The number of alkyl halides is 3. The Labute approximate surface area is 290 Å². The van der Waals surface area contributed by atoms with Crippen LogP contribution in [0.4, 0.5) is 13.2 Å². The summed E-state index contributed by atoms with van der Waals surface area (Å²) in [6, 6.07) is 24.1. The van der Waals surface area contributed by atoms with Crippen LogP contribution in [0.5, 0.6) is 0 Å². The minimum atomic E-state index is -3.48. The van der Waals surface area contributed by atoms with Crippen LogP contribution in [0.1, 0.15) is 69.0 Å². The van der Waals surface area contributed by atoms with Gasteiger partial charge in [0.05, 0.1) is 26.0 Å². The standard InChI is InChI=1S/C12H12FNO4S.C11H9FN4O.C11H10FNO2/c1-19(15,16)18-8-9-2-4-10(5-3-9)12(13)11-6-7-17-14-11;12-11(10-5-6-17-15-10)9-3-1-8(2-4-9)7-14-16-13;12-11(10-5-6-15-13-10)9-3-1-8(7-14)2-4-9/h2-7,12H,8H2,1H3;1-6,11H,7H2;1-6,11,14H,7H2. The molecule has 0 bridgehead atoms. The van der Waals surface area contributed by atoms with Crippen LogP contribution in [0.25, 0.3) is 10.4 Å². The molecule has 0 amide bonds. The summed E-state index contributed by atoms with van der Waals surface area (Å²) >= 11 is 0. The van der Waals surface area contributed by atoms with E-state index in [1.807, 2.05) is 0 Å². The zero-order chi connectivity index (χ0) is 36.6. The summed E-state index contributed by atoms with van der Waals surface area (Å²) in [5.41, 5.74) is 12.5. The average Bonchev–Trinajstić information content (AvgIpc) is 3.98. The molecule has 0 saturated heterocycles. The number of aliphatic hydroxyl groups excluding tert-OH is 1. The van der Waals surface area contributed by atoms with Crippen LogP contribution < -0.4 is 0 Å². The molecule has 266 valence electrons. The highest BCUT2D eigenvalue weighted by Gasteiger charge is 2.17. The number of azide groups is 1. The SMILES string of the molecule is CS(=O)(=O)OCc1ccc(C(F)c2ccon2)cc1.OCc1ccc(C(F)c2ccon2)cc1.[N-]=[N+]=NCc1ccc(C(F)c2ccon2)cc1. The Hall–Kier alpha value is -5.74. The molecule has 0 spiro atoms. The molecule has 6 aromatic rings. The monoisotopic (exact) mass is 724 g/mol. The van der Waals surface area contributed by atoms with Crippen molar-refractivity contribution in [3.8, 4) is 0 Å². The maximum Gasteiger partial charge on any atom is 0.264 e. The molecule has 3 atom stereocenters. The number of benzene rings is 3. The molecule has 3 heterocycles. The van der Waals surface area contributed by atoms with Crippen molar-refractivity contribution < 1.29 is 44.4 Å². The lowest BCUT2D eigenvalue weighted by molar-refractivity contribution is 0.281. The van der Waals surface area contributed by atoms with Gasteiger partial charge in [-0.15, -0.1) is 0 Å². The maximum atomic E-state index is 14.0. The Morgan fingerprint density at radius 3 is 1.37 bits per heavy atom. The molecule has 17 heteroatoms. The predicted molar refractivity (Wildman–Crippen MR) is 176 cm³/mol. The van der Waals surface area contributed by atoms with E-state index in [2.05, 4.69) is 43.2 Å².